The molecule has 2 aromatic carbocycles. The molecular formula is C26H29NO6. The molecule has 7 heteroatoms. The maximum atomic E-state index is 12.3. The van der Waals surface area contributed by atoms with Crippen LogP contribution in [0.4, 0.5) is 4.79 Å². The Labute approximate surface area is 193 Å². The molecule has 1 unspecified atom stereocenters. The summed E-state index contributed by atoms with van der Waals surface area (Å²) in [4.78, 5) is 35.8. The summed E-state index contributed by atoms with van der Waals surface area (Å²) in [7, 11) is 0. The minimum absolute atomic E-state index is 0.0315. The van der Waals surface area contributed by atoms with Crippen molar-refractivity contribution < 1.29 is 28.6 Å². The number of benzene rings is 2. The van der Waals surface area contributed by atoms with Gasteiger partial charge in [0, 0.05) is 31.9 Å². The molecule has 1 N–H and O–H groups in total. The second-order valence-electron chi connectivity index (χ2n) is 8.87. The summed E-state index contributed by atoms with van der Waals surface area (Å²) < 4.78 is 16.2. The van der Waals surface area contributed by atoms with E-state index in [0.29, 0.717) is 6.42 Å². The highest BCUT2D eigenvalue weighted by Crippen LogP contribution is 2.43. The topological polar surface area (TPSA) is 90.9 Å². The summed E-state index contributed by atoms with van der Waals surface area (Å²) in [6.07, 6.45) is 2.11. The minimum atomic E-state index is -0.614. The summed E-state index contributed by atoms with van der Waals surface area (Å²) in [5.74, 6) is -0.656. The lowest BCUT2D eigenvalue weighted by Gasteiger charge is -2.27. The minimum Gasteiger partial charge on any atom is -0.444 e. The van der Waals surface area contributed by atoms with E-state index in [9.17, 15) is 14.4 Å². The molecule has 0 bridgehead atoms. The van der Waals surface area contributed by atoms with Crippen molar-refractivity contribution in [1.82, 2.24) is 5.32 Å². The van der Waals surface area contributed by atoms with Crippen molar-refractivity contribution in [3.63, 3.8) is 0 Å². The van der Waals surface area contributed by atoms with E-state index >= 15 is 0 Å². The Bertz CT molecular complexity index is 1080. The van der Waals surface area contributed by atoms with Crippen LogP contribution in [0.5, 0.6) is 11.5 Å². The van der Waals surface area contributed by atoms with E-state index in [1.165, 1.54) is 13.8 Å². The number of ether oxygens (including phenoxy) is 3. The Balaban J connectivity index is 2.04. The Morgan fingerprint density at radius 2 is 1.64 bits per heavy atom. The fourth-order valence-corrected chi connectivity index (χ4v) is 3.76. The van der Waals surface area contributed by atoms with Crippen LogP contribution in [0.25, 0.3) is 5.57 Å². The van der Waals surface area contributed by atoms with Crippen LogP contribution in [0.3, 0.4) is 0 Å². The zero-order valence-corrected chi connectivity index (χ0v) is 19.6. The molecule has 0 radical (unpaired) electrons. The number of hydrogen-bond donors (Lipinski definition) is 1. The van der Waals surface area contributed by atoms with Gasteiger partial charge in [-0.2, -0.15) is 0 Å². The van der Waals surface area contributed by atoms with Crippen molar-refractivity contribution >= 4 is 23.6 Å². The molecular weight excluding hydrogens is 422 g/mol. The standard InChI is InChI=1S/C26H29NO6/c1-16(28)31-23-12-11-21-20(15-27-25(30)33-26(3,4)5)13-19(18-9-7-6-8-10-18)14-22(21)24(23)32-17(2)29/h6-13,19H,14-15H2,1-5H3,(H,27,30). The third-order valence-corrected chi connectivity index (χ3v) is 4.95. The third kappa shape index (κ3) is 6.44. The van der Waals surface area contributed by atoms with Gasteiger partial charge in [-0.15, -0.1) is 0 Å². The van der Waals surface area contributed by atoms with Crippen LogP contribution < -0.4 is 14.8 Å². The third-order valence-electron chi connectivity index (χ3n) is 4.95. The summed E-state index contributed by atoms with van der Waals surface area (Å²) in [5.41, 5.74) is 2.85. The lowest BCUT2D eigenvalue weighted by atomic mass is 9.80. The molecule has 0 fully saturated rings. The van der Waals surface area contributed by atoms with E-state index in [0.717, 1.165) is 22.3 Å². The first-order valence-electron chi connectivity index (χ1n) is 10.8. The van der Waals surface area contributed by atoms with E-state index in [4.69, 9.17) is 14.2 Å². The monoisotopic (exact) mass is 451 g/mol. The Hall–Kier alpha value is -3.61. The smallest absolute Gasteiger partial charge is 0.407 e. The molecule has 0 aromatic heterocycles. The highest BCUT2D eigenvalue weighted by molar-refractivity contribution is 5.82. The van der Waals surface area contributed by atoms with E-state index in [2.05, 4.69) is 11.4 Å². The second-order valence-corrected chi connectivity index (χ2v) is 8.87. The van der Waals surface area contributed by atoms with Gasteiger partial charge in [-0.05, 0) is 50.0 Å². The zero-order chi connectivity index (χ0) is 24.2. The van der Waals surface area contributed by atoms with Crippen molar-refractivity contribution in [2.45, 2.75) is 52.6 Å². The predicted molar refractivity (Wildman–Crippen MR) is 124 cm³/mol. The van der Waals surface area contributed by atoms with Gasteiger partial charge in [-0.3, -0.25) is 9.59 Å². The zero-order valence-electron chi connectivity index (χ0n) is 19.6. The average Bonchev–Trinajstić information content (AvgIpc) is 2.72. The molecule has 0 heterocycles. The molecule has 1 atom stereocenters. The first-order chi connectivity index (χ1) is 15.5. The molecule has 174 valence electrons. The normalized spacial score (nSPS) is 15.1. The largest absolute Gasteiger partial charge is 0.444 e. The van der Waals surface area contributed by atoms with Gasteiger partial charge in [0.05, 0.1) is 0 Å². The number of hydrogen-bond acceptors (Lipinski definition) is 6. The van der Waals surface area contributed by atoms with Crippen molar-refractivity contribution in [1.29, 1.82) is 0 Å². The van der Waals surface area contributed by atoms with E-state index in [-0.39, 0.29) is 24.0 Å². The fraction of sp³-hybridized carbons (Fsp3) is 0.346. The molecule has 1 aliphatic rings. The molecule has 0 saturated heterocycles. The lowest BCUT2D eigenvalue weighted by Crippen LogP contribution is -2.33. The number of rotatable bonds is 5. The van der Waals surface area contributed by atoms with Gasteiger partial charge in [0.1, 0.15) is 5.60 Å². The molecule has 7 nitrogen and oxygen atoms in total. The second kappa shape index (κ2) is 9.90. The van der Waals surface area contributed by atoms with Gasteiger partial charge < -0.3 is 19.5 Å². The molecule has 1 aliphatic carbocycles. The summed E-state index contributed by atoms with van der Waals surface area (Å²) in [5, 5.41) is 2.81. The van der Waals surface area contributed by atoms with E-state index < -0.39 is 23.6 Å². The van der Waals surface area contributed by atoms with Gasteiger partial charge in [0.15, 0.2) is 11.5 Å². The number of carbonyl (C=O) groups is 3. The highest BCUT2D eigenvalue weighted by atomic mass is 16.6. The van der Waals surface area contributed by atoms with Gasteiger partial charge in [-0.25, -0.2) is 4.79 Å². The highest BCUT2D eigenvalue weighted by Gasteiger charge is 2.28. The summed E-state index contributed by atoms with van der Waals surface area (Å²) >= 11 is 0. The number of fused-ring (bicyclic) bond motifs is 1. The van der Waals surface area contributed by atoms with Gasteiger partial charge >= 0.3 is 18.0 Å². The van der Waals surface area contributed by atoms with Gasteiger partial charge in [0.2, 0.25) is 0 Å². The van der Waals surface area contributed by atoms with E-state index in [1.807, 2.05) is 36.4 Å². The molecule has 0 spiro atoms. The van der Waals surface area contributed by atoms with Gasteiger partial charge in [0.25, 0.3) is 0 Å². The number of carbonyl (C=O) groups excluding carboxylic acids is 3. The number of esters is 2. The number of allylic oxidation sites excluding steroid dienone is 1. The van der Waals surface area contributed by atoms with Crippen LogP contribution in [-0.2, 0) is 20.7 Å². The fourth-order valence-electron chi connectivity index (χ4n) is 3.76. The van der Waals surface area contributed by atoms with E-state index in [1.54, 1.807) is 26.8 Å². The van der Waals surface area contributed by atoms with Crippen LogP contribution >= 0.6 is 0 Å². The lowest BCUT2D eigenvalue weighted by molar-refractivity contribution is -0.134. The van der Waals surface area contributed by atoms with Crippen LogP contribution in [0.1, 0.15) is 57.2 Å². The number of amides is 1. The van der Waals surface area contributed by atoms with Crippen molar-refractivity contribution in [2.75, 3.05) is 6.54 Å². The summed E-state index contributed by atoms with van der Waals surface area (Å²) in [6.45, 7) is 8.21. The van der Waals surface area contributed by atoms with Crippen LogP contribution in [0.15, 0.2) is 48.5 Å². The van der Waals surface area contributed by atoms with Crippen molar-refractivity contribution in [3.05, 3.63) is 65.2 Å². The van der Waals surface area contributed by atoms with Crippen LogP contribution in [0, 0.1) is 0 Å². The molecule has 1 amide bonds. The number of nitrogens with one attached hydrogen (secondary N) is 1. The van der Waals surface area contributed by atoms with Gasteiger partial charge in [-0.1, -0.05) is 42.5 Å². The SMILES string of the molecule is CC(=O)Oc1ccc2c(c1OC(C)=O)CC(c1ccccc1)C=C2CNC(=O)OC(C)(C)C. The van der Waals surface area contributed by atoms with Crippen molar-refractivity contribution in [3.8, 4) is 11.5 Å². The maximum absolute atomic E-state index is 12.3. The Morgan fingerprint density at radius 1 is 0.970 bits per heavy atom. The maximum Gasteiger partial charge on any atom is 0.407 e. The molecule has 2 aromatic rings. The molecule has 0 aliphatic heterocycles. The van der Waals surface area contributed by atoms with Crippen molar-refractivity contribution in [2.24, 2.45) is 0 Å². The first-order valence-corrected chi connectivity index (χ1v) is 10.8. The molecule has 33 heavy (non-hydrogen) atoms. The molecule has 3 rings (SSSR count). The Kier molecular flexibility index (Phi) is 7.21. The van der Waals surface area contributed by atoms with Crippen LogP contribution in [-0.4, -0.2) is 30.2 Å². The quantitative estimate of drug-likeness (QED) is 0.519. The number of alkyl carbamates (subject to hydrolysis) is 1. The molecule has 0 saturated carbocycles. The average molecular weight is 452 g/mol. The summed E-state index contributed by atoms with van der Waals surface area (Å²) in [6, 6.07) is 13.3. The first kappa shape index (κ1) is 24.0. The van der Waals surface area contributed by atoms with Crippen LogP contribution in [0.2, 0.25) is 0 Å². The Morgan fingerprint density at radius 3 is 2.24 bits per heavy atom. The predicted octanol–water partition coefficient (Wildman–Crippen LogP) is 4.79.